The van der Waals surface area contributed by atoms with Gasteiger partial charge in [-0.25, -0.2) is 0 Å². The summed E-state index contributed by atoms with van der Waals surface area (Å²) < 4.78 is 10.7. The largest absolute Gasteiger partial charge is 0.508 e. The summed E-state index contributed by atoms with van der Waals surface area (Å²) >= 11 is 0. The molecular weight excluding hydrogens is 306 g/mol. The lowest BCUT2D eigenvalue weighted by atomic mass is 9.88. The van der Waals surface area contributed by atoms with E-state index in [9.17, 15) is 10.2 Å². The Morgan fingerprint density at radius 1 is 1.08 bits per heavy atom. The molecule has 2 N–H and O–H groups in total. The Morgan fingerprint density at radius 3 is 2.54 bits per heavy atom. The van der Waals surface area contributed by atoms with E-state index < -0.39 is 0 Å². The molecule has 1 aliphatic heterocycles. The maximum Gasteiger partial charge on any atom is 0.160 e. The van der Waals surface area contributed by atoms with Crippen molar-refractivity contribution >= 4 is 0 Å². The minimum absolute atomic E-state index is 0.0984. The van der Waals surface area contributed by atoms with Crippen LogP contribution < -0.4 is 9.47 Å². The molecule has 5 heteroatoms. The van der Waals surface area contributed by atoms with Crippen LogP contribution in [-0.2, 0) is 12.8 Å². The average molecular weight is 329 g/mol. The van der Waals surface area contributed by atoms with E-state index in [1.54, 1.807) is 38.5 Å². The third-order valence-corrected chi connectivity index (χ3v) is 4.74. The summed E-state index contributed by atoms with van der Waals surface area (Å²) in [5.41, 5.74) is 3.22. The zero-order valence-electron chi connectivity index (χ0n) is 14.2. The fourth-order valence-electron chi connectivity index (χ4n) is 3.41. The molecule has 0 fully saturated rings. The van der Waals surface area contributed by atoms with Crippen LogP contribution in [0.25, 0.3) is 0 Å². The molecular formula is C19H23NO4. The SMILES string of the molecule is COc1cc2c(cc1O)C(Cc1cc(O)ccc1OC)N(C)CC2. The van der Waals surface area contributed by atoms with Crippen molar-refractivity contribution in [2.75, 3.05) is 27.8 Å². The molecule has 0 spiro atoms. The maximum absolute atomic E-state index is 10.2. The number of phenolic OH excluding ortho intramolecular Hbond substituents is 2. The Labute approximate surface area is 142 Å². The van der Waals surface area contributed by atoms with Crippen LogP contribution in [0, 0.1) is 0 Å². The molecule has 128 valence electrons. The second-order valence-corrected chi connectivity index (χ2v) is 6.17. The van der Waals surface area contributed by atoms with Crippen molar-refractivity contribution in [3.05, 3.63) is 47.0 Å². The molecule has 5 nitrogen and oxygen atoms in total. The highest BCUT2D eigenvalue weighted by molar-refractivity contribution is 5.49. The van der Waals surface area contributed by atoms with Crippen LogP contribution in [0.1, 0.15) is 22.7 Å². The highest BCUT2D eigenvalue weighted by Gasteiger charge is 2.27. The number of ether oxygens (including phenoxy) is 2. The lowest BCUT2D eigenvalue weighted by Gasteiger charge is -2.35. The van der Waals surface area contributed by atoms with Gasteiger partial charge in [-0.05, 0) is 66.9 Å². The van der Waals surface area contributed by atoms with Crippen molar-refractivity contribution in [2.24, 2.45) is 0 Å². The van der Waals surface area contributed by atoms with Gasteiger partial charge in [-0.15, -0.1) is 0 Å². The average Bonchev–Trinajstić information content (AvgIpc) is 2.57. The maximum atomic E-state index is 10.2. The lowest BCUT2D eigenvalue weighted by Crippen LogP contribution is -2.33. The van der Waals surface area contributed by atoms with Crippen molar-refractivity contribution in [3.8, 4) is 23.0 Å². The molecule has 2 aromatic carbocycles. The van der Waals surface area contributed by atoms with E-state index in [0.717, 1.165) is 29.8 Å². The minimum atomic E-state index is 0.0984. The number of fused-ring (bicyclic) bond motifs is 1. The standard InChI is InChI=1S/C19H23NO4/c1-20-7-6-12-10-19(24-3)17(22)11-15(12)16(20)9-13-8-14(21)4-5-18(13)23-2/h4-5,8,10-11,16,21-22H,6-7,9H2,1-3H3. The van der Waals surface area contributed by atoms with Crippen LogP contribution in [0.3, 0.4) is 0 Å². The monoisotopic (exact) mass is 329 g/mol. The van der Waals surface area contributed by atoms with Crippen LogP contribution in [0.15, 0.2) is 30.3 Å². The number of aromatic hydroxyl groups is 2. The topological polar surface area (TPSA) is 62.2 Å². The molecule has 1 atom stereocenters. The number of benzene rings is 2. The number of methoxy groups -OCH3 is 2. The molecule has 0 aliphatic carbocycles. The number of hydrogen-bond acceptors (Lipinski definition) is 5. The Kier molecular flexibility index (Phi) is 4.53. The van der Waals surface area contributed by atoms with E-state index in [1.165, 1.54) is 5.56 Å². The fraction of sp³-hybridized carbons (Fsp3) is 0.368. The summed E-state index contributed by atoms with van der Waals surface area (Å²) in [6.07, 6.45) is 1.60. The van der Waals surface area contributed by atoms with Crippen LogP contribution in [0.4, 0.5) is 0 Å². The van der Waals surface area contributed by atoms with Crippen LogP contribution in [-0.4, -0.2) is 42.9 Å². The van der Waals surface area contributed by atoms with Crippen LogP contribution >= 0.6 is 0 Å². The lowest BCUT2D eigenvalue weighted by molar-refractivity contribution is 0.226. The summed E-state index contributed by atoms with van der Waals surface area (Å²) in [5.74, 6) is 1.64. The summed E-state index contributed by atoms with van der Waals surface area (Å²) in [4.78, 5) is 2.26. The van der Waals surface area contributed by atoms with Gasteiger partial charge in [0.25, 0.3) is 0 Å². The first-order chi connectivity index (χ1) is 11.5. The molecule has 0 aromatic heterocycles. The van der Waals surface area contributed by atoms with Gasteiger partial charge in [0.2, 0.25) is 0 Å². The second-order valence-electron chi connectivity index (χ2n) is 6.17. The summed E-state index contributed by atoms with van der Waals surface area (Å²) in [6, 6.07) is 8.96. The first-order valence-electron chi connectivity index (χ1n) is 7.99. The van der Waals surface area contributed by atoms with E-state index in [4.69, 9.17) is 9.47 Å². The first-order valence-corrected chi connectivity index (χ1v) is 7.99. The molecule has 1 unspecified atom stereocenters. The van der Waals surface area contributed by atoms with Crippen molar-refractivity contribution in [2.45, 2.75) is 18.9 Å². The number of nitrogens with zero attached hydrogens (tertiary/aromatic N) is 1. The summed E-state index contributed by atoms with van der Waals surface area (Å²) in [5, 5.41) is 20.0. The van der Waals surface area contributed by atoms with Gasteiger partial charge < -0.3 is 19.7 Å². The quantitative estimate of drug-likeness (QED) is 0.903. The summed E-state index contributed by atoms with van der Waals surface area (Å²) in [6.45, 7) is 0.923. The molecule has 0 saturated heterocycles. The van der Waals surface area contributed by atoms with Gasteiger partial charge >= 0.3 is 0 Å². The third kappa shape index (κ3) is 2.99. The smallest absolute Gasteiger partial charge is 0.160 e. The van der Waals surface area contributed by atoms with E-state index in [1.807, 2.05) is 6.07 Å². The van der Waals surface area contributed by atoms with Gasteiger partial charge in [0, 0.05) is 12.6 Å². The molecule has 24 heavy (non-hydrogen) atoms. The molecule has 0 radical (unpaired) electrons. The number of phenols is 2. The molecule has 3 rings (SSSR count). The highest BCUT2D eigenvalue weighted by atomic mass is 16.5. The highest BCUT2D eigenvalue weighted by Crippen LogP contribution is 2.39. The van der Waals surface area contributed by atoms with E-state index in [0.29, 0.717) is 12.2 Å². The third-order valence-electron chi connectivity index (χ3n) is 4.74. The molecule has 1 aliphatic rings. The van der Waals surface area contributed by atoms with Crippen LogP contribution in [0.2, 0.25) is 0 Å². The van der Waals surface area contributed by atoms with Crippen molar-refractivity contribution in [3.63, 3.8) is 0 Å². The number of rotatable bonds is 4. The van der Waals surface area contributed by atoms with Gasteiger partial charge in [0.1, 0.15) is 11.5 Å². The fourth-order valence-corrected chi connectivity index (χ4v) is 3.41. The Balaban J connectivity index is 2.00. The molecule has 1 heterocycles. The predicted molar refractivity (Wildman–Crippen MR) is 92.1 cm³/mol. The van der Waals surface area contributed by atoms with E-state index in [2.05, 4.69) is 11.9 Å². The molecule has 0 amide bonds. The normalized spacial score (nSPS) is 17.4. The zero-order valence-corrected chi connectivity index (χ0v) is 14.2. The predicted octanol–water partition coefficient (Wildman–Crippen LogP) is 2.89. The van der Waals surface area contributed by atoms with Crippen molar-refractivity contribution in [1.82, 2.24) is 4.90 Å². The van der Waals surface area contributed by atoms with Crippen molar-refractivity contribution < 1.29 is 19.7 Å². The Hall–Kier alpha value is -2.40. The molecule has 2 aromatic rings. The van der Waals surface area contributed by atoms with Crippen molar-refractivity contribution in [1.29, 1.82) is 0 Å². The van der Waals surface area contributed by atoms with Gasteiger partial charge in [-0.2, -0.15) is 0 Å². The zero-order chi connectivity index (χ0) is 17.3. The van der Waals surface area contributed by atoms with Gasteiger partial charge in [0.15, 0.2) is 11.5 Å². The summed E-state index contributed by atoms with van der Waals surface area (Å²) in [7, 11) is 5.26. The van der Waals surface area contributed by atoms with E-state index >= 15 is 0 Å². The van der Waals surface area contributed by atoms with Gasteiger partial charge in [0.05, 0.1) is 14.2 Å². The van der Waals surface area contributed by atoms with Gasteiger partial charge in [-0.3, -0.25) is 4.90 Å². The minimum Gasteiger partial charge on any atom is -0.508 e. The van der Waals surface area contributed by atoms with E-state index in [-0.39, 0.29) is 17.5 Å². The molecule has 0 saturated carbocycles. The van der Waals surface area contributed by atoms with Gasteiger partial charge in [-0.1, -0.05) is 0 Å². The second kappa shape index (κ2) is 6.61. The Morgan fingerprint density at radius 2 is 1.83 bits per heavy atom. The number of likely N-dealkylation sites (N-methyl/N-ethyl adjacent to an activating group) is 1. The first kappa shape index (κ1) is 16.5. The Bertz CT molecular complexity index is 744. The molecule has 0 bridgehead atoms. The van der Waals surface area contributed by atoms with Crippen LogP contribution in [0.5, 0.6) is 23.0 Å². The number of hydrogen-bond donors (Lipinski definition) is 2.